The van der Waals surface area contributed by atoms with Gasteiger partial charge < -0.3 is 5.11 Å². The maximum Gasteiger partial charge on any atom is 0.0838 e. The summed E-state index contributed by atoms with van der Waals surface area (Å²) in [7, 11) is 0. The minimum Gasteiger partial charge on any atom is -0.388 e. The first-order valence-corrected chi connectivity index (χ1v) is 5.80. The van der Waals surface area contributed by atoms with Crippen molar-refractivity contribution >= 4 is 23.2 Å². The van der Waals surface area contributed by atoms with E-state index in [2.05, 4.69) is 13.8 Å². The molecular formula is C12H14Cl2O. The van der Waals surface area contributed by atoms with Crippen LogP contribution in [0.5, 0.6) is 0 Å². The Bertz CT molecular complexity index is 387. The van der Waals surface area contributed by atoms with Crippen LogP contribution in [0.2, 0.25) is 10.0 Å². The molecule has 2 atom stereocenters. The van der Waals surface area contributed by atoms with Gasteiger partial charge in [-0.05, 0) is 36.0 Å². The van der Waals surface area contributed by atoms with Crippen molar-refractivity contribution in [3.63, 3.8) is 0 Å². The first kappa shape index (κ1) is 11.3. The van der Waals surface area contributed by atoms with Gasteiger partial charge in [0.2, 0.25) is 0 Å². The maximum atomic E-state index is 10.2. The fraction of sp³-hybridized carbons (Fsp3) is 0.500. The molecule has 1 aliphatic rings. The van der Waals surface area contributed by atoms with Crippen molar-refractivity contribution in [1.82, 2.24) is 0 Å². The van der Waals surface area contributed by atoms with Gasteiger partial charge in [-0.2, -0.15) is 0 Å². The van der Waals surface area contributed by atoms with Crippen molar-refractivity contribution in [3.05, 3.63) is 33.8 Å². The number of hydrogen-bond donors (Lipinski definition) is 1. The fourth-order valence-electron chi connectivity index (χ4n) is 2.00. The van der Waals surface area contributed by atoms with Crippen molar-refractivity contribution in [2.45, 2.75) is 26.4 Å². The molecule has 1 aromatic rings. The Morgan fingerprint density at radius 1 is 1.40 bits per heavy atom. The largest absolute Gasteiger partial charge is 0.388 e. The van der Waals surface area contributed by atoms with Crippen LogP contribution in [0.4, 0.5) is 0 Å². The summed E-state index contributed by atoms with van der Waals surface area (Å²) in [4.78, 5) is 0. The highest BCUT2D eigenvalue weighted by Gasteiger charge is 2.50. The van der Waals surface area contributed by atoms with Gasteiger partial charge in [-0.3, -0.25) is 0 Å². The Kier molecular flexibility index (Phi) is 2.74. The van der Waals surface area contributed by atoms with Crippen LogP contribution in [0.15, 0.2) is 18.2 Å². The second-order valence-corrected chi connectivity index (χ2v) is 5.75. The summed E-state index contributed by atoms with van der Waals surface area (Å²) in [6.45, 7) is 4.30. The molecule has 2 unspecified atom stereocenters. The van der Waals surface area contributed by atoms with Crippen LogP contribution < -0.4 is 0 Å². The number of hydrogen-bond acceptors (Lipinski definition) is 1. The van der Waals surface area contributed by atoms with E-state index in [-0.39, 0.29) is 5.41 Å². The molecule has 1 aromatic carbocycles. The zero-order valence-corrected chi connectivity index (χ0v) is 10.3. The van der Waals surface area contributed by atoms with Crippen LogP contribution in [0, 0.1) is 11.3 Å². The molecule has 1 saturated carbocycles. The lowest BCUT2D eigenvalue weighted by Crippen LogP contribution is -2.05. The van der Waals surface area contributed by atoms with Crippen LogP contribution >= 0.6 is 23.2 Å². The number of rotatable bonds is 2. The summed E-state index contributed by atoms with van der Waals surface area (Å²) in [5.41, 5.74) is 0.977. The minimum atomic E-state index is -0.494. The highest BCUT2D eigenvalue weighted by atomic mass is 35.5. The minimum absolute atomic E-state index is 0.227. The molecule has 0 amide bonds. The van der Waals surface area contributed by atoms with Crippen molar-refractivity contribution in [2.75, 3.05) is 0 Å². The molecule has 1 fully saturated rings. The molecule has 0 spiro atoms. The number of benzene rings is 1. The van der Waals surface area contributed by atoms with Crippen molar-refractivity contribution < 1.29 is 5.11 Å². The Morgan fingerprint density at radius 3 is 2.53 bits per heavy atom. The first-order chi connectivity index (χ1) is 6.92. The van der Waals surface area contributed by atoms with Gasteiger partial charge in [-0.1, -0.05) is 37.0 Å². The van der Waals surface area contributed by atoms with E-state index in [0.29, 0.717) is 16.0 Å². The Labute approximate surface area is 100 Å². The zero-order chi connectivity index (χ0) is 11.2. The molecule has 82 valence electrons. The summed E-state index contributed by atoms with van der Waals surface area (Å²) in [6.07, 6.45) is 0.544. The molecule has 1 nitrogen and oxygen atoms in total. The molecule has 0 aromatic heterocycles. The quantitative estimate of drug-likeness (QED) is 0.832. The molecule has 0 radical (unpaired) electrons. The number of aliphatic hydroxyl groups is 1. The Morgan fingerprint density at radius 2 is 2.00 bits per heavy atom. The zero-order valence-electron chi connectivity index (χ0n) is 8.80. The summed E-state index contributed by atoms with van der Waals surface area (Å²) < 4.78 is 0. The van der Waals surface area contributed by atoms with Gasteiger partial charge in [0, 0.05) is 15.6 Å². The van der Waals surface area contributed by atoms with Gasteiger partial charge in [0.1, 0.15) is 0 Å². The van der Waals surface area contributed by atoms with Gasteiger partial charge in [0.25, 0.3) is 0 Å². The van der Waals surface area contributed by atoms with Gasteiger partial charge >= 0.3 is 0 Å². The standard InChI is InChI=1S/C12H14Cl2O/c1-12(2)6-9(12)11(15)8-5-7(13)3-4-10(8)14/h3-5,9,11,15H,6H2,1-2H3. The molecule has 1 N–H and O–H groups in total. The first-order valence-electron chi connectivity index (χ1n) is 5.05. The van der Waals surface area contributed by atoms with Crippen molar-refractivity contribution in [3.8, 4) is 0 Å². The highest BCUT2D eigenvalue weighted by molar-refractivity contribution is 6.33. The molecule has 2 rings (SSSR count). The SMILES string of the molecule is CC1(C)CC1C(O)c1cc(Cl)ccc1Cl. The lowest BCUT2D eigenvalue weighted by molar-refractivity contribution is 0.138. The average molecular weight is 245 g/mol. The molecule has 15 heavy (non-hydrogen) atoms. The van der Waals surface area contributed by atoms with E-state index in [1.54, 1.807) is 18.2 Å². The van der Waals surface area contributed by atoms with E-state index in [9.17, 15) is 5.11 Å². The van der Waals surface area contributed by atoms with Crippen LogP contribution in [-0.2, 0) is 0 Å². The van der Waals surface area contributed by atoms with E-state index >= 15 is 0 Å². The molecule has 0 bridgehead atoms. The summed E-state index contributed by atoms with van der Waals surface area (Å²) in [5, 5.41) is 11.4. The van der Waals surface area contributed by atoms with Crippen LogP contribution in [0.25, 0.3) is 0 Å². The van der Waals surface area contributed by atoms with E-state index < -0.39 is 6.10 Å². The van der Waals surface area contributed by atoms with E-state index in [1.807, 2.05) is 0 Å². The van der Waals surface area contributed by atoms with Gasteiger partial charge in [0.05, 0.1) is 6.10 Å². The summed E-state index contributed by atoms with van der Waals surface area (Å²) in [6, 6.07) is 5.22. The predicted molar refractivity (Wildman–Crippen MR) is 63.3 cm³/mol. The van der Waals surface area contributed by atoms with Crippen LogP contribution in [-0.4, -0.2) is 5.11 Å². The second kappa shape index (κ2) is 3.65. The molecule has 3 heteroatoms. The van der Waals surface area contributed by atoms with Gasteiger partial charge in [-0.25, -0.2) is 0 Å². The van der Waals surface area contributed by atoms with Gasteiger partial charge in [-0.15, -0.1) is 0 Å². The van der Waals surface area contributed by atoms with Crippen molar-refractivity contribution in [1.29, 1.82) is 0 Å². The normalized spacial score (nSPS) is 25.0. The molecule has 0 heterocycles. The van der Waals surface area contributed by atoms with E-state index in [4.69, 9.17) is 23.2 Å². The lowest BCUT2D eigenvalue weighted by Gasteiger charge is -2.14. The average Bonchev–Trinajstić information content (AvgIpc) is 2.78. The third-order valence-corrected chi connectivity index (χ3v) is 3.83. The molecule has 0 saturated heterocycles. The molecule has 1 aliphatic carbocycles. The van der Waals surface area contributed by atoms with E-state index in [0.717, 1.165) is 12.0 Å². The summed E-state index contributed by atoms with van der Waals surface area (Å²) >= 11 is 11.9. The Balaban J connectivity index is 2.26. The van der Waals surface area contributed by atoms with E-state index in [1.165, 1.54) is 0 Å². The third-order valence-electron chi connectivity index (χ3n) is 3.25. The molecular weight excluding hydrogens is 231 g/mol. The van der Waals surface area contributed by atoms with Gasteiger partial charge in [0.15, 0.2) is 0 Å². The summed E-state index contributed by atoms with van der Waals surface area (Å²) in [5.74, 6) is 0.300. The fourth-order valence-corrected chi connectivity index (χ4v) is 2.41. The topological polar surface area (TPSA) is 20.2 Å². The van der Waals surface area contributed by atoms with Crippen molar-refractivity contribution in [2.24, 2.45) is 11.3 Å². The number of halogens is 2. The molecule has 0 aliphatic heterocycles. The smallest absolute Gasteiger partial charge is 0.0838 e. The monoisotopic (exact) mass is 244 g/mol. The lowest BCUT2D eigenvalue weighted by atomic mass is 10.00. The predicted octanol–water partition coefficient (Wildman–Crippen LogP) is 4.07. The second-order valence-electron chi connectivity index (χ2n) is 4.91. The number of aliphatic hydroxyl groups excluding tert-OH is 1. The highest BCUT2D eigenvalue weighted by Crippen LogP contribution is 2.58. The third kappa shape index (κ3) is 2.15. The Hall–Kier alpha value is -0.240. The van der Waals surface area contributed by atoms with Crippen LogP contribution in [0.3, 0.4) is 0 Å². The van der Waals surface area contributed by atoms with Crippen LogP contribution in [0.1, 0.15) is 31.9 Å². The maximum absolute atomic E-state index is 10.2.